The maximum absolute atomic E-state index is 11.9. The molecular weight excluding hydrogens is 328 g/mol. The Hall–Kier alpha value is -1.15. The minimum Gasteiger partial charge on any atom is -0.465 e. The summed E-state index contributed by atoms with van der Waals surface area (Å²) in [5, 5.41) is 3.12. The maximum Gasteiger partial charge on any atom is 0.337 e. The zero-order chi connectivity index (χ0) is 15.7. The number of ether oxygens (including phenoxy) is 1. The quantitative estimate of drug-likeness (QED) is 0.518. The molecule has 1 aromatic carbocycles. The molecule has 0 spiro atoms. The number of hydrogen-bond donors (Lipinski definition) is 2. The van der Waals surface area contributed by atoms with E-state index in [0.29, 0.717) is 24.2 Å². The molecule has 22 heavy (non-hydrogen) atoms. The van der Waals surface area contributed by atoms with E-state index in [1.165, 1.54) is 13.2 Å². The van der Waals surface area contributed by atoms with Crippen molar-refractivity contribution < 1.29 is 17.9 Å². The third-order valence-corrected chi connectivity index (χ3v) is 4.11. The number of carbonyl (C=O) groups excluding carboxylic acids is 1. The van der Waals surface area contributed by atoms with Crippen molar-refractivity contribution in [2.75, 3.05) is 26.7 Å². The number of rotatable bonds is 9. The van der Waals surface area contributed by atoms with E-state index >= 15 is 0 Å². The van der Waals surface area contributed by atoms with Crippen molar-refractivity contribution in [1.29, 1.82) is 0 Å². The minimum atomic E-state index is -3.41. The predicted octanol–water partition coefficient (Wildman–Crippen LogP) is 1.31. The first-order valence-corrected chi connectivity index (χ1v) is 8.49. The Morgan fingerprint density at radius 2 is 1.95 bits per heavy atom. The van der Waals surface area contributed by atoms with E-state index in [1.807, 2.05) is 6.92 Å². The number of halogens is 1. The van der Waals surface area contributed by atoms with Gasteiger partial charge in [0.2, 0.25) is 10.0 Å². The van der Waals surface area contributed by atoms with Gasteiger partial charge >= 0.3 is 5.97 Å². The summed E-state index contributed by atoms with van der Waals surface area (Å²) < 4.78 is 31.0. The van der Waals surface area contributed by atoms with E-state index < -0.39 is 16.0 Å². The van der Waals surface area contributed by atoms with Gasteiger partial charge in [-0.05, 0) is 30.7 Å². The van der Waals surface area contributed by atoms with Gasteiger partial charge in [0.1, 0.15) is 0 Å². The van der Waals surface area contributed by atoms with Crippen LogP contribution in [0.4, 0.5) is 0 Å². The van der Waals surface area contributed by atoms with Gasteiger partial charge in [0.15, 0.2) is 0 Å². The van der Waals surface area contributed by atoms with E-state index in [2.05, 4.69) is 14.8 Å². The lowest BCUT2D eigenvalue weighted by atomic mass is 10.1. The third-order valence-electron chi connectivity index (χ3n) is 2.76. The molecule has 0 atom stereocenters. The average molecular weight is 351 g/mol. The SMILES string of the molecule is CCCNCCNS(=O)(=O)Cc1cccc(C(=O)OC)c1.Cl. The van der Waals surface area contributed by atoms with Crippen LogP contribution in [0.25, 0.3) is 0 Å². The summed E-state index contributed by atoms with van der Waals surface area (Å²) in [6.45, 7) is 3.85. The van der Waals surface area contributed by atoms with Crippen molar-refractivity contribution in [3.05, 3.63) is 35.4 Å². The first-order chi connectivity index (χ1) is 9.98. The molecule has 1 rings (SSSR count). The largest absolute Gasteiger partial charge is 0.465 e. The second kappa shape index (κ2) is 10.6. The number of benzene rings is 1. The molecule has 0 saturated heterocycles. The molecule has 126 valence electrons. The zero-order valence-electron chi connectivity index (χ0n) is 12.8. The normalized spacial score (nSPS) is 10.8. The summed E-state index contributed by atoms with van der Waals surface area (Å²) in [6, 6.07) is 6.42. The molecule has 0 heterocycles. The van der Waals surface area contributed by atoms with E-state index in [4.69, 9.17) is 0 Å². The highest BCUT2D eigenvalue weighted by Gasteiger charge is 2.13. The highest BCUT2D eigenvalue weighted by atomic mass is 35.5. The van der Waals surface area contributed by atoms with Crippen molar-refractivity contribution in [1.82, 2.24) is 10.0 Å². The Labute approximate surface area is 138 Å². The summed E-state index contributed by atoms with van der Waals surface area (Å²) in [5.74, 6) is -0.642. The third kappa shape index (κ3) is 7.74. The monoisotopic (exact) mass is 350 g/mol. The van der Waals surface area contributed by atoms with Gasteiger partial charge in [-0.1, -0.05) is 19.1 Å². The molecule has 0 aliphatic rings. The first-order valence-electron chi connectivity index (χ1n) is 6.84. The standard InChI is InChI=1S/C14H22N2O4S.ClH/c1-3-7-15-8-9-16-21(18,19)11-12-5-4-6-13(10-12)14(17)20-2;/h4-6,10,15-16H,3,7-9,11H2,1-2H3;1H. The van der Waals surface area contributed by atoms with E-state index in [0.717, 1.165) is 13.0 Å². The Kier molecular flexibility index (Phi) is 10.0. The van der Waals surface area contributed by atoms with Crippen molar-refractivity contribution in [3.8, 4) is 0 Å². The molecule has 2 N–H and O–H groups in total. The zero-order valence-corrected chi connectivity index (χ0v) is 14.4. The average Bonchev–Trinajstić information content (AvgIpc) is 2.46. The van der Waals surface area contributed by atoms with E-state index in [1.54, 1.807) is 18.2 Å². The van der Waals surface area contributed by atoms with Crippen LogP contribution in [-0.2, 0) is 20.5 Å². The number of sulfonamides is 1. The summed E-state index contributed by atoms with van der Waals surface area (Å²) in [5.41, 5.74) is 0.890. The van der Waals surface area contributed by atoms with E-state index in [9.17, 15) is 13.2 Å². The van der Waals surface area contributed by atoms with Crippen LogP contribution in [0, 0.1) is 0 Å². The fourth-order valence-electron chi connectivity index (χ4n) is 1.77. The second-order valence-corrected chi connectivity index (χ2v) is 6.40. The Balaban J connectivity index is 0.00000441. The van der Waals surface area contributed by atoms with Gasteiger partial charge in [-0.3, -0.25) is 0 Å². The number of hydrogen-bond acceptors (Lipinski definition) is 5. The van der Waals surface area contributed by atoms with Gasteiger partial charge in [0.25, 0.3) is 0 Å². The number of methoxy groups -OCH3 is 1. The van der Waals surface area contributed by atoms with Crippen molar-refractivity contribution >= 4 is 28.4 Å². The number of carbonyl (C=O) groups is 1. The van der Waals surface area contributed by atoms with Crippen LogP contribution in [0.5, 0.6) is 0 Å². The fraction of sp³-hybridized carbons (Fsp3) is 0.500. The molecule has 1 aromatic rings. The number of nitrogens with one attached hydrogen (secondary N) is 2. The summed E-state index contributed by atoms with van der Waals surface area (Å²) in [4.78, 5) is 11.4. The maximum atomic E-state index is 11.9. The van der Waals surface area contributed by atoms with Gasteiger partial charge in [-0.25, -0.2) is 17.9 Å². The molecule has 0 aromatic heterocycles. The van der Waals surface area contributed by atoms with Gasteiger partial charge in [-0.2, -0.15) is 0 Å². The lowest BCUT2D eigenvalue weighted by molar-refractivity contribution is 0.0600. The Morgan fingerprint density at radius 1 is 1.23 bits per heavy atom. The van der Waals surface area contributed by atoms with Crippen LogP contribution in [0.3, 0.4) is 0 Å². The molecule has 0 unspecified atom stereocenters. The molecule has 0 fully saturated rings. The molecule has 0 radical (unpaired) electrons. The highest BCUT2D eigenvalue weighted by molar-refractivity contribution is 7.88. The molecule has 8 heteroatoms. The summed E-state index contributed by atoms with van der Waals surface area (Å²) in [6.07, 6.45) is 1.01. The lowest BCUT2D eigenvalue weighted by Gasteiger charge is -2.08. The van der Waals surface area contributed by atoms with Crippen molar-refractivity contribution in [2.45, 2.75) is 19.1 Å². The highest BCUT2D eigenvalue weighted by Crippen LogP contribution is 2.09. The van der Waals surface area contributed by atoms with Gasteiger partial charge in [0.05, 0.1) is 18.4 Å². The topological polar surface area (TPSA) is 84.5 Å². The van der Waals surface area contributed by atoms with Crippen LogP contribution >= 0.6 is 12.4 Å². The number of esters is 1. The second-order valence-electron chi connectivity index (χ2n) is 4.60. The van der Waals surface area contributed by atoms with Crippen LogP contribution in [-0.4, -0.2) is 41.1 Å². The minimum absolute atomic E-state index is 0. The fourth-order valence-corrected chi connectivity index (χ4v) is 2.91. The summed E-state index contributed by atoms with van der Waals surface area (Å²) >= 11 is 0. The molecular formula is C14H23ClN2O4S. The molecule has 6 nitrogen and oxygen atoms in total. The molecule has 0 saturated carbocycles. The molecule has 0 aliphatic heterocycles. The van der Waals surface area contributed by atoms with Gasteiger partial charge < -0.3 is 10.1 Å². The summed E-state index contributed by atoms with van der Waals surface area (Å²) in [7, 11) is -2.12. The van der Waals surface area contributed by atoms with Crippen LogP contribution in [0.2, 0.25) is 0 Å². The molecule has 0 amide bonds. The predicted molar refractivity (Wildman–Crippen MR) is 88.8 cm³/mol. The van der Waals surface area contributed by atoms with Crippen LogP contribution in [0.1, 0.15) is 29.3 Å². The van der Waals surface area contributed by atoms with Crippen molar-refractivity contribution in [3.63, 3.8) is 0 Å². The smallest absolute Gasteiger partial charge is 0.337 e. The van der Waals surface area contributed by atoms with Crippen molar-refractivity contribution in [2.24, 2.45) is 0 Å². The van der Waals surface area contributed by atoms with Gasteiger partial charge in [0, 0.05) is 13.1 Å². The van der Waals surface area contributed by atoms with Crippen LogP contribution < -0.4 is 10.0 Å². The van der Waals surface area contributed by atoms with E-state index in [-0.39, 0.29) is 18.2 Å². The Morgan fingerprint density at radius 3 is 2.59 bits per heavy atom. The van der Waals surface area contributed by atoms with Crippen LogP contribution in [0.15, 0.2) is 24.3 Å². The van der Waals surface area contributed by atoms with Gasteiger partial charge in [-0.15, -0.1) is 12.4 Å². The molecule has 0 bridgehead atoms. The Bertz CT molecular complexity index is 564. The molecule has 0 aliphatic carbocycles. The first kappa shape index (κ1) is 20.9. The lowest BCUT2D eigenvalue weighted by Crippen LogP contribution is -2.32.